The third-order valence-corrected chi connectivity index (χ3v) is 8.32. The van der Waals surface area contributed by atoms with Crippen LogP contribution in [0.25, 0.3) is 0 Å². The Kier molecular flexibility index (Phi) is 7.54. The van der Waals surface area contributed by atoms with Crippen LogP contribution < -0.4 is 10.6 Å². The summed E-state index contributed by atoms with van der Waals surface area (Å²) < 4.78 is 27.4. The minimum Gasteiger partial charge on any atom is -0.345 e. The first-order chi connectivity index (χ1) is 16.8. The van der Waals surface area contributed by atoms with E-state index in [4.69, 9.17) is 11.6 Å². The smallest absolute Gasteiger partial charge is 0.255 e. The predicted octanol–water partition coefficient (Wildman–Crippen LogP) is 4.87. The van der Waals surface area contributed by atoms with E-state index in [9.17, 15) is 18.0 Å². The Balaban J connectivity index is 1.55. The van der Waals surface area contributed by atoms with Gasteiger partial charge in [0.25, 0.3) is 11.8 Å². The maximum atomic E-state index is 13.1. The van der Waals surface area contributed by atoms with E-state index in [-0.39, 0.29) is 27.4 Å². The quantitative estimate of drug-likeness (QED) is 0.473. The van der Waals surface area contributed by atoms with E-state index in [0.717, 1.165) is 18.4 Å². The summed E-state index contributed by atoms with van der Waals surface area (Å²) in [6.45, 7) is 2.74. The molecule has 1 atom stereocenters. The molecule has 0 saturated carbocycles. The molecule has 0 aliphatic carbocycles. The van der Waals surface area contributed by atoms with Crippen molar-refractivity contribution in [2.75, 3.05) is 18.4 Å². The second-order valence-corrected chi connectivity index (χ2v) is 10.7. The number of benzene rings is 3. The fourth-order valence-electron chi connectivity index (χ4n) is 3.99. The largest absolute Gasteiger partial charge is 0.345 e. The summed E-state index contributed by atoms with van der Waals surface area (Å²) in [5.74, 6) is -0.887. The Labute approximate surface area is 210 Å². The SMILES string of the molecule is C[C@H](NC(=O)c1ccccc1NC(=O)c1ccc(Cl)c(S(=O)(=O)N2CCCC2)c1)c1ccccc1. The summed E-state index contributed by atoms with van der Waals surface area (Å²) in [5.41, 5.74) is 1.69. The van der Waals surface area contributed by atoms with Gasteiger partial charge in [-0.25, -0.2) is 8.42 Å². The number of halogens is 1. The van der Waals surface area contributed by atoms with Gasteiger partial charge in [0.15, 0.2) is 0 Å². The molecule has 9 heteroatoms. The van der Waals surface area contributed by atoms with Crippen molar-refractivity contribution in [2.24, 2.45) is 0 Å². The molecule has 2 N–H and O–H groups in total. The van der Waals surface area contributed by atoms with Gasteiger partial charge < -0.3 is 10.6 Å². The predicted molar refractivity (Wildman–Crippen MR) is 136 cm³/mol. The van der Waals surface area contributed by atoms with Crippen LogP contribution in [0.1, 0.15) is 52.1 Å². The molecule has 1 fully saturated rings. The number of nitrogens with zero attached hydrogens (tertiary/aromatic N) is 1. The molecular weight excluding hydrogens is 486 g/mol. The lowest BCUT2D eigenvalue weighted by Crippen LogP contribution is -2.29. The molecular formula is C26H26ClN3O4S. The Morgan fingerprint density at radius 1 is 0.914 bits per heavy atom. The number of hydrogen-bond donors (Lipinski definition) is 2. The average Bonchev–Trinajstić information content (AvgIpc) is 3.41. The van der Waals surface area contributed by atoms with Gasteiger partial charge in [0.2, 0.25) is 10.0 Å². The van der Waals surface area contributed by atoms with E-state index in [2.05, 4.69) is 10.6 Å². The average molecular weight is 512 g/mol. The number of carbonyl (C=O) groups is 2. The first kappa shape index (κ1) is 24.9. The molecule has 3 aromatic rings. The minimum absolute atomic E-state index is 0.0585. The molecule has 4 rings (SSSR count). The van der Waals surface area contributed by atoms with Gasteiger partial charge in [-0.05, 0) is 55.7 Å². The van der Waals surface area contributed by atoms with E-state index in [1.165, 1.54) is 22.5 Å². The maximum absolute atomic E-state index is 13.1. The zero-order valence-electron chi connectivity index (χ0n) is 19.2. The number of sulfonamides is 1. The van der Waals surface area contributed by atoms with Gasteiger partial charge in [0.1, 0.15) is 4.90 Å². The first-order valence-electron chi connectivity index (χ1n) is 11.3. The van der Waals surface area contributed by atoms with E-state index in [0.29, 0.717) is 24.3 Å². The number of anilines is 1. The van der Waals surface area contributed by atoms with E-state index < -0.39 is 15.9 Å². The molecule has 7 nitrogen and oxygen atoms in total. The van der Waals surface area contributed by atoms with Crippen molar-refractivity contribution < 1.29 is 18.0 Å². The van der Waals surface area contributed by atoms with Crippen molar-refractivity contribution in [2.45, 2.75) is 30.7 Å². The molecule has 0 radical (unpaired) electrons. The van der Waals surface area contributed by atoms with Crippen LogP contribution in [0.3, 0.4) is 0 Å². The number of rotatable bonds is 7. The van der Waals surface area contributed by atoms with Crippen molar-refractivity contribution in [3.63, 3.8) is 0 Å². The number of para-hydroxylation sites is 1. The van der Waals surface area contributed by atoms with Gasteiger partial charge in [-0.1, -0.05) is 54.1 Å². The molecule has 1 aliphatic heterocycles. The minimum atomic E-state index is -3.80. The molecule has 0 spiro atoms. The Bertz CT molecular complexity index is 1340. The second kappa shape index (κ2) is 10.6. The lowest BCUT2D eigenvalue weighted by atomic mass is 10.1. The van der Waals surface area contributed by atoms with Gasteiger partial charge in [-0.15, -0.1) is 0 Å². The first-order valence-corrected chi connectivity index (χ1v) is 13.1. The highest BCUT2D eigenvalue weighted by molar-refractivity contribution is 7.89. The molecule has 1 saturated heterocycles. The lowest BCUT2D eigenvalue weighted by molar-refractivity contribution is 0.0940. The van der Waals surface area contributed by atoms with Crippen molar-refractivity contribution in [1.82, 2.24) is 9.62 Å². The molecule has 182 valence electrons. The summed E-state index contributed by atoms with van der Waals surface area (Å²) in [4.78, 5) is 25.9. The summed E-state index contributed by atoms with van der Waals surface area (Å²) >= 11 is 6.20. The van der Waals surface area contributed by atoms with E-state index in [1.54, 1.807) is 24.3 Å². The standard InChI is InChI=1S/C26H26ClN3O4S/c1-18(19-9-3-2-4-10-19)28-26(32)21-11-5-6-12-23(21)29-25(31)20-13-14-22(27)24(17-20)35(33,34)30-15-7-8-16-30/h2-6,9-14,17-18H,7-8,15-16H2,1H3,(H,28,32)(H,29,31)/t18-/m0/s1. The molecule has 1 heterocycles. The van der Waals surface area contributed by atoms with Crippen LogP contribution in [0, 0.1) is 0 Å². The third-order valence-electron chi connectivity index (χ3n) is 5.94. The van der Waals surface area contributed by atoms with Gasteiger partial charge in [0.05, 0.1) is 22.3 Å². The van der Waals surface area contributed by atoms with Crippen LogP contribution in [0.5, 0.6) is 0 Å². The fourth-order valence-corrected chi connectivity index (χ4v) is 6.01. The maximum Gasteiger partial charge on any atom is 0.255 e. The number of carbonyl (C=O) groups excluding carboxylic acids is 2. The molecule has 35 heavy (non-hydrogen) atoms. The van der Waals surface area contributed by atoms with Crippen LogP contribution in [-0.4, -0.2) is 37.6 Å². The molecule has 0 bridgehead atoms. The van der Waals surface area contributed by atoms with Gasteiger partial charge in [-0.3, -0.25) is 9.59 Å². The highest BCUT2D eigenvalue weighted by atomic mass is 35.5. The van der Waals surface area contributed by atoms with E-state index in [1.807, 2.05) is 37.3 Å². The molecule has 0 aromatic heterocycles. The Morgan fingerprint density at radius 2 is 1.57 bits per heavy atom. The van der Waals surface area contributed by atoms with Crippen molar-refractivity contribution in [3.05, 3.63) is 94.5 Å². The third kappa shape index (κ3) is 5.56. The zero-order valence-corrected chi connectivity index (χ0v) is 20.8. The van der Waals surface area contributed by atoms with Crippen molar-refractivity contribution in [1.29, 1.82) is 0 Å². The lowest BCUT2D eigenvalue weighted by Gasteiger charge is -2.18. The summed E-state index contributed by atoms with van der Waals surface area (Å²) in [6.07, 6.45) is 1.58. The molecule has 2 amide bonds. The second-order valence-electron chi connectivity index (χ2n) is 8.36. The number of hydrogen-bond acceptors (Lipinski definition) is 4. The van der Waals surface area contributed by atoms with Crippen molar-refractivity contribution in [3.8, 4) is 0 Å². The summed E-state index contributed by atoms with van der Waals surface area (Å²) in [7, 11) is -3.80. The molecule has 3 aromatic carbocycles. The van der Waals surface area contributed by atoms with Crippen LogP contribution >= 0.6 is 11.6 Å². The van der Waals surface area contributed by atoms with Gasteiger partial charge in [-0.2, -0.15) is 4.31 Å². The normalized spacial score (nSPS) is 14.9. The zero-order chi connectivity index (χ0) is 25.0. The summed E-state index contributed by atoms with van der Waals surface area (Å²) in [5, 5.41) is 5.74. The van der Waals surface area contributed by atoms with Crippen LogP contribution in [0.15, 0.2) is 77.7 Å². The van der Waals surface area contributed by atoms with Crippen LogP contribution in [0.4, 0.5) is 5.69 Å². The Morgan fingerprint density at radius 3 is 2.29 bits per heavy atom. The molecule has 1 aliphatic rings. The van der Waals surface area contributed by atoms with Crippen molar-refractivity contribution >= 4 is 39.1 Å². The molecule has 0 unspecified atom stereocenters. The summed E-state index contributed by atoms with van der Waals surface area (Å²) in [6, 6.07) is 20.1. The van der Waals surface area contributed by atoms with E-state index >= 15 is 0 Å². The van der Waals surface area contributed by atoms with Crippen LogP contribution in [-0.2, 0) is 10.0 Å². The van der Waals surface area contributed by atoms with Gasteiger partial charge in [0, 0.05) is 18.7 Å². The number of nitrogens with one attached hydrogen (secondary N) is 2. The highest BCUT2D eigenvalue weighted by Crippen LogP contribution is 2.28. The number of amides is 2. The monoisotopic (exact) mass is 511 g/mol. The Hall–Kier alpha value is -3.20. The fraction of sp³-hybridized carbons (Fsp3) is 0.231. The van der Waals surface area contributed by atoms with Crippen LogP contribution in [0.2, 0.25) is 5.02 Å². The topological polar surface area (TPSA) is 95.6 Å². The van der Waals surface area contributed by atoms with Gasteiger partial charge >= 0.3 is 0 Å². The highest BCUT2D eigenvalue weighted by Gasteiger charge is 2.30.